The largest absolute Gasteiger partial charge is 0.447 e. The normalized spacial score (nSPS) is 15.1. The lowest BCUT2D eigenvalue weighted by atomic mass is 10.1. The van der Waals surface area contributed by atoms with E-state index in [1.54, 1.807) is 35.3 Å². The van der Waals surface area contributed by atoms with Crippen molar-refractivity contribution in [2.45, 2.75) is 37.1 Å². The van der Waals surface area contributed by atoms with Gasteiger partial charge in [0.25, 0.3) is 0 Å². The van der Waals surface area contributed by atoms with Crippen molar-refractivity contribution in [3.63, 3.8) is 0 Å². The van der Waals surface area contributed by atoms with Crippen LogP contribution in [-0.2, 0) is 4.79 Å². The zero-order chi connectivity index (χ0) is 22.0. The maximum absolute atomic E-state index is 12.8. The van der Waals surface area contributed by atoms with Crippen molar-refractivity contribution in [3.8, 4) is 17.1 Å². The first-order chi connectivity index (χ1) is 15.0. The molecule has 1 aromatic heterocycles. The first-order valence-corrected chi connectivity index (χ1v) is 12.3. The highest BCUT2D eigenvalue weighted by atomic mass is 32.2. The molecule has 0 radical (unpaired) electrons. The molecule has 0 aliphatic carbocycles. The molecule has 1 atom stereocenters. The van der Waals surface area contributed by atoms with E-state index in [1.165, 1.54) is 0 Å². The molecule has 3 aromatic rings. The number of para-hydroxylation sites is 1. The number of carbonyl (C=O) groups is 1. The number of hydrogen-bond acceptors (Lipinski definition) is 7. The van der Waals surface area contributed by atoms with Gasteiger partial charge in [0, 0.05) is 28.7 Å². The predicted molar refractivity (Wildman–Crippen MR) is 126 cm³/mol. The van der Waals surface area contributed by atoms with E-state index in [0.29, 0.717) is 22.6 Å². The van der Waals surface area contributed by atoms with Crippen LogP contribution in [0.4, 0.5) is 5.69 Å². The van der Waals surface area contributed by atoms with Crippen LogP contribution in [0.1, 0.15) is 32.6 Å². The van der Waals surface area contributed by atoms with Gasteiger partial charge in [0.2, 0.25) is 23.2 Å². The molecule has 4 rings (SSSR count). The fraction of sp³-hybridized carbons (Fsp3) is 0.304. The van der Waals surface area contributed by atoms with Gasteiger partial charge in [-0.05, 0) is 30.4 Å². The third kappa shape index (κ3) is 4.55. The summed E-state index contributed by atoms with van der Waals surface area (Å²) in [6, 6.07) is 15.7. The van der Waals surface area contributed by atoms with Crippen molar-refractivity contribution < 1.29 is 9.53 Å². The number of thioether (sulfide) groups is 2. The summed E-state index contributed by atoms with van der Waals surface area (Å²) >= 11 is 3.22. The quantitative estimate of drug-likeness (QED) is 0.477. The molecule has 2 aromatic carbocycles. The van der Waals surface area contributed by atoms with Crippen LogP contribution in [0.3, 0.4) is 0 Å². The minimum absolute atomic E-state index is 0.124. The number of rotatable bonds is 5. The second kappa shape index (κ2) is 9.28. The van der Waals surface area contributed by atoms with Crippen molar-refractivity contribution >= 4 is 35.1 Å². The average molecular weight is 453 g/mol. The van der Waals surface area contributed by atoms with Gasteiger partial charge in [-0.15, -0.1) is 22.0 Å². The summed E-state index contributed by atoms with van der Waals surface area (Å²) in [5, 5.41) is 9.33. The number of ether oxygens (including phenoxy) is 1. The molecular weight excluding hydrogens is 428 g/mol. The molecular formula is C23H24N4O2S2. The first kappa shape index (κ1) is 21.6. The number of nitrogens with zero attached hydrogens (tertiary/aromatic N) is 4. The number of carbonyl (C=O) groups excluding carboxylic acids is 1. The third-order valence-electron chi connectivity index (χ3n) is 4.80. The van der Waals surface area contributed by atoms with Crippen LogP contribution in [-0.4, -0.2) is 33.1 Å². The number of fused-ring (bicyclic) bond motifs is 3. The predicted octanol–water partition coefficient (Wildman–Crippen LogP) is 5.45. The van der Waals surface area contributed by atoms with E-state index in [-0.39, 0.29) is 5.91 Å². The highest BCUT2D eigenvalue weighted by molar-refractivity contribution is 7.99. The molecule has 1 amide bonds. The highest BCUT2D eigenvalue weighted by Crippen LogP contribution is 2.43. The summed E-state index contributed by atoms with van der Waals surface area (Å²) in [6.07, 6.45) is 1.38. The van der Waals surface area contributed by atoms with Gasteiger partial charge in [0.1, 0.15) is 0 Å². The maximum Gasteiger partial charge on any atom is 0.247 e. The van der Waals surface area contributed by atoms with E-state index in [2.05, 4.69) is 29.0 Å². The number of hydrogen-bond donors (Lipinski definition) is 0. The fourth-order valence-electron chi connectivity index (χ4n) is 3.34. The van der Waals surface area contributed by atoms with Gasteiger partial charge in [-0.1, -0.05) is 55.9 Å². The summed E-state index contributed by atoms with van der Waals surface area (Å²) < 4.78 is 6.39. The van der Waals surface area contributed by atoms with Gasteiger partial charge in [0.05, 0.1) is 5.69 Å². The van der Waals surface area contributed by atoms with Gasteiger partial charge < -0.3 is 4.74 Å². The van der Waals surface area contributed by atoms with Crippen molar-refractivity contribution in [2.24, 2.45) is 5.92 Å². The molecule has 1 unspecified atom stereocenters. The molecule has 0 bridgehead atoms. The Morgan fingerprint density at radius 2 is 1.87 bits per heavy atom. The minimum atomic E-state index is -0.657. The number of anilines is 1. The Morgan fingerprint density at radius 3 is 2.55 bits per heavy atom. The maximum atomic E-state index is 12.8. The number of benzene rings is 2. The molecule has 1 aliphatic heterocycles. The van der Waals surface area contributed by atoms with Crippen molar-refractivity contribution in [1.82, 2.24) is 15.2 Å². The average Bonchev–Trinajstić information content (AvgIpc) is 2.92. The Labute approximate surface area is 190 Å². The third-order valence-corrected chi connectivity index (χ3v) is 6.81. The second-order valence-electron chi connectivity index (χ2n) is 7.60. The Balaban J connectivity index is 1.85. The summed E-state index contributed by atoms with van der Waals surface area (Å²) in [6.45, 7) is 5.84. The van der Waals surface area contributed by atoms with Crippen LogP contribution >= 0.6 is 23.5 Å². The van der Waals surface area contributed by atoms with Gasteiger partial charge in [0.15, 0.2) is 5.69 Å². The van der Waals surface area contributed by atoms with E-state index in [1.807, 2.05) is 54.8 Å². The molecule has 0 fully saturated rings. The Hall–Kier alpha value is -2.58. The lowest BCUT2D eigenvalue weighted by Gasteiger charge is -2.30. The number of aromatic nitrogens is 3. The summed E-state index contributed by atoms with van der Waals surface area (Å²) in [7, 11) is 0. The molecule has 6 nitrogen and oxygen atoms in total. The fourth-order valence-corrected chi connectivity index (χ4v) is 4.48. The van der Waals surface area contributed by atoms with Crippen LogP contribution < -0.4 is 9.64 Å². The first-order valence-electron chi connectivity index (χ1n) is 10.0. The smallest absolute Gasteiger partial charge is 0.247 e. The van der Waals surface area contributed by atoms with Crippen LogP contribution in [0.25, 0.3) is 11.3 Å². The van der Waals surface area contributed by atoms with Crippen molar-refractivity contribution in [1.29, 1.82) is 0 Å². The van der Waals surface area contributed by atoms with Crippen molar-refractivity contribution in [2.75, 3.05) is 16.9 Å². The highest BCUT2D eigenvalue weighted by Gasteiger charge is 2.34. The molecule has 31 heavy (non-hydrogen) atoms. The Kier molecular flexibility index (Phi) is 6.48. The van der Waals surface area contributed by atoms with Crippen LogP contribution in [0.2, 0.25) is 0 Å². The molecule has 160 valence electrons. The molecule has 2 heterocycles. The lowest BCUT2D eigenvalue weighted by Crippen LogP contribution is -2.36. The van der Waals surface area contributed by atoms with Gasteiger partial charge in [-0.3, -0.25) is 9.69 Å². The van der Waals surface area contributed by atoms with Gasteiger partial charge in [-0.25, -0.2) is 0 Å². The lowest BCUT2D eigenvalue weighted by molar-refractivity contribution is -0.118. The zero-order valence-electron chi connectivity index (χ0n) is 17.9. The monoisotopic (exact) mass is 452 g/mol. The summed E-state index contributed by atoms with van der Waals surface area (Å²) in [5.41, 5.74) is 2.91. The van der Waals surface area contributed by atoms with Gasteiger partial charge >= 0.3 is 0 Å². The van der Waals surface area contributed by atoms with E-state index in [4.69, 9.17) is 4.74 Å². The molecule has 8 heteroatoms. The van der Waals surface area contributed by atoms with Crippen LogP contribution in [0, 0.1) is 5.92 Å². The van der Waals surface area contributed by atoms with Crippen LogP contribution in [0.15, 0.2) is 58.6 Å². The molecule has 0 N–H and O–H groups in total. The Morgan fingerprint density at radius 1 is 1.13 bits per heavy atom. The SMILES string of the molecule is CSc1ccc(C2Oc3nc(SCC(C)C)nnc3-c3ccccc3N2C(C)=O)cc1. The van der Waals surface area contributed by atoms with Crippen molar-refractivity contribution in [3.05, 3.63) is 54.1 Å². The van der Waals surface area contributed by atoms with E-state index in [9.17, 15) is 4.79 Å². The summed E-state index contributed by atoms with van der Waals surface area (Å²) in [4.78, 5) is 20.3. The van der Waals surface area contributed by atoms with E-state index in [0.717, 1.165) is 27.5 Å². The Bertz CT molecular complexity index is 1090. The topological polar surface area (TPSA) is 68.2 Å². The van der Waals surface area contributed by atoms with Crippen LogP contribution in [0.5, 0.6) is 5.88 Å². The van der Waals surface area contributed by atoms with E-state index < -0.39 is 6.23 Å². The number of amides is 1. The zero-order valence-corrected chi connectivity index (χ0v) is 19.5. The van der Waals surface area contributed by atoms with E-state index >= 15 is 0 Å². The van der Waals surface area contributed by atoms with Gasteiger partial charge in [-0.2, -0.15) is 4.98 Å². The standard InChI is InChI=1S/C23H24N4O2S2/c1-14(2)13-31-23-24-21-20(25-26-23)18-7-5-6-8-19(18)27(15(3)28)22(29-21)16-9-11-17(30-4)12-10-16/h5-12,14,22H,13H2,1-4H3. The second-order valence-corrected chi connectivity index (χ2v) is 9.47. The minimum Gasteiger partial charge on any atom is -0.447 e. The molecule has 0 saturated heterocycles. The summed E-state index contributed by atoms with van der Waals surface area (Å²) in [5.74, 6) is 1.65. The molecule has 0 spiro atoms. The molecule has 0 saturated carbocycles. The molecule has 1 aliphatic rings.